The molecule has 118 valence electrons. The zero-order valence-electron chi connectivity index (χ0n) is 13.1. The first-order chi connectivity index (χ1) is 10.5. The minimum atomic E-state index is -0.303. The normalized spacial score (nSPS) is 22.1. The molecule has 3 rings (SSSR count). The largest absolute Gasteiger partial charge is 0.423 e. The lowest BCUT2D eigenvalue weighted by molar-refractivity contribution is 0.279. The molecule has 1 aliphatic rings. The van der Waals surface area contributed by atoms with Gasteiger partial charge in [-0.3, -0.25) is 0 Å². The minimum absolute atomic E-state index is 0.303. The highest BCUT2D eigenvalue weighted by molar-refractivity contribution is 6.32. The molecule has 0 amide bonds. The Morgan fingerprint density at radius 3 is 2.82 bits per heavy atom. The summed E-state index contributed by atoms with van der Waals surface area (Å²) in [6, 6.07) is 5.84. The number of fused-ring (bicyclic) bond motifs is 1. The molecule has 0 saturated heterocycles. The maximum absolute atomic E-state index is 11.8. The topological polar surface area (TPSA) is 42.2 Å². The molecule has 22 heavy (non-hydrogen) atoms. The molecule has 1 fully saturated rings. The van der Waals surface area contributed by atoms with E-state index < -0.39 is 0 Å². The van der Waals surface area contributed by atoms with Crippen LogP contribution in [0.1, 0.15) is 43.7 Å². The van der Waals surface area contributed by atoms with Gasteiger partial charge in [0.2, 0.25) is 0 Å². The zero-order valence-corrected chi connectivity index (χ0v) is 13.9. The summed E-state index contributed by atoms with van der Waals surface area (Å²) >= 11 is 6.23. The average molecular weight is 320 g/mol. The van der Waals surface area contributed by atoms with Crippen molar-refractivity contribution in [1.82, 2.24) is 5.32 Å². The molecular formula is C18H22ClNO2. The van der Waals surface area contributed by atoms with E-state index in [1.807, 2.05) is 19.1 Å². The van der Waals surface area contributed by atoms with Crippen molar-refractivity contribution in [3.63, 3.8) is 0 Å². The maximum atomic E-state index is 11.8. The standard InChI is InChI=1S/C18H22ClNO2/c1-11-5-3-4-6-16(11)20-10-13-8-18(21)22-17-7-12(2)15(19)9-14(13)17/h7-9,11,16,20H,3-6,10H2,1-2H3/t11-,16+/m0/s1. The van der Waals surface area contributed by atoms with Crippen LogP contribution < -0.4 is 10.9 Å². The van der Waals surface area contributed by atoms with Crippen molar-refractivity contribution in [3.8, 4) is 0 Å². The van der Waals surface area contributed by atoms with Crippen molar-refractivity contribution < 1.29 is 4.42 Å². The highest BCUT2D eigenvalue weighted by Crippen LogP contribution is 2.27. The van der Waals surface area contributed by atoms with Gasteiger partial charge in [0.1, 0.15) is 5.58 Å². The summed E-state index contributed by atoms with van der Waals surface area (Å²) in [5.41, 5.74) is 2.19. The number of rotatable bonds is 3. The number of hydrogen-bond acceptors (Lipinski definition) is 3. The Kier molecular flexibility index (Phi) is 4.55. The van der Waals surface area contributed by atoms with E-state index in [-0.39, 0.29) is 5.63 Å². The molecule has 3 nitrogen and oxygen atoms in total. The summed E-state index contributed by atoms with van der Waals surface area (Å²) in [6.07, 6.45) is 5.09. The van der Waals surface area contributed by atoms with Gasteiger partial charge in [0.05, 0.1) is 0 Å². The fourth-order valence-corrected chi connectivity index (χ4v) is 3.52. The molecule has 1 saturated carbocycles. The van der Waals surface area contributed by atoms with Gasteiger partial charge in [0.15, 0.2) is 0 Å². The summed E-state index contributed by atoms with van der Waals surface area (Å²) in [7, 11) is 0. The SMILES string of the molecule is Cc1cc2oc(=O)cc(CN[C@@H]3CCCC[C@@H]3C)c2cc1Cl. The average Bonchev–Trinajstić information content (AvgIpc) is 2.48. The van der Waals surface area contributed by atoms with E-state index in [1.165, 1.54) is 25.7 Å². The lowest BCUT2D eigenvalue weighted by Gasteiger charge is -2.29. The number of aryl methyl sites for hydroxylation is 1. The van der Waals surface area contributed by atoms with Gasteiger partial charge in [-0.05, 0) is 48.9 Å². The van der Waals surface area contributed by atoms with E-state index >= 15 is 0 Å². The van der Waals surface area contributed by atoms with Gasteiger partial charge in [0, 0.05) is 29.1 Å². The van der Waals surface area contributed by atoms with Crippen LogP contribution in [0, 0.1) is 12.8 Å². The second kappa shape index (κ2) is 6.43. The molecule has 0 spiro atoms. The van der Waals surface area contributed by atoms with Crippen LogP contribution >= 0.6 is 11.6 Å². The number of benzene rings is 1. The molecule has 1 N–H and O–H groups in total. The maximum Gasteiger partial charge on any atom is 0.336 e. The molecule has 0 radical (unpaired) electrons. The minimum Gasteiger partial charge on any atom is -0.423 e. The fraction of sp³-hybridized carbons (Fsp3) is 0.500. The molecule has 1 aliphatic carbocycles. The fourth-order valence-electron chi connectivity index (χ4n) is 3.36. The third-order valence-corrected chi connectivity index (χ3v) is 5.18. The highest BCUT2D eigenvalue weighted by atomic mass is 35.5. The Morgan fingerprint density at radius 2 is 2.05 bits per heavy atom. The van der Waals surface area contributed by atoms with Crippen molar-refractivity contribution >= 4 is 22.6 Å². The van der Waals surface area contributed by atoms with Crippen LogP contribution in [0.4, 0.5) is 0 Å². The van der Waals surface area contributed by atoms with Gasteiger partial charge >= 0.3 is 5.63 Å². The van der Waals surface area contributed by atoms with Crippen LogP contribution in [-0.4, -0.2) is 6.04 Å². The van der Waals surface area contributed by atoms with E-state index in [0.717, 1.165) is 16.5 Å². The van der Waals surface area contributed by atoms with Gasteiger partial charge in [-0.15, -0.1) is 0 Å². The monoisotopic (exact) mass is 319 g/mol. The molecule has 1 heterocycles. The Labute approximate surface area is 135 Å². The van der Waals surface area contributed by atoms with E-state index in [1.54, 1.807) is 6.07 Å². The third kappa shape index (κ3) is 3.21. The molecular weight excluding hydrogens is 298 g/mol. The van der Waals surface area contributed by atoms with Crippen molar-refractivity contribution in [2.45, 2.75) is 52.1 Å². The van der Waals surface area contributed by atoms with Crippen LogP contribution in [0.3, 0.4) is 0 Å². The van der Waals surface area contributed by atoms with Gasteiger partial charge < -0.3 is 9.73 Å². The first kappa shape index (κ1) is 15.6. The quantitative estimate of drug-likeness (QED) is 0.851. The summed E-state index contributed by atoms with van der Waals surface area (Å²) in [6.45, 7) is 4.89. The van der Waals surface area contributed by atoms with Crippen LogP contribution in [-0.2, 0) is 6.54 Å². The van der Waals surface area contributed by atoms with Crippen LogP contribution in [0.15, 0.2) is 27.4 Å². The Morgan fingerprint density at radius 1 is 1.27 bits per heavy atom. The molecule has 2 aromatic rings. The molecule has 1 aromatic carbocycles. The Bertz CT molecular complexity index is 738. The van der Waals surface area contributed by atoms with Gasteiger partial charge in [-0.25, -0.2) is 4.79 Å². The van der Waals surface area contributed by atoms with Crippen molar-refractivity contribution in [2.24, 2.45) is 5.92 Å². The Balaban J connectivity index is 1.89. The van der Waals surface area contributed by atoms with Crippen molar-refractivity contribution in [3.05, 3.63) is 44.8 Å². The molecule has 1 aromatic heterocycles. The number of hydrogen-bond donors (Lipinski definition) is 1. The van der Waals surface area contributed by atoms with E-state index in [0.29, 0.717) is 29.1 Å². The van der Waals surface area contributed by atoms with Crippen molar-refractivity contribution in [2.75, 3.05) is 0 Å². The molecule has 0 bridgehead atoms. The third-order valence-electron chi connectivity index (χ3n) is 4.78. The van der Waals surface area contributed by atoms with E-state index in [9.17, 15) is 4.79 Å². The van der Waals surface area contributed by atoms with Gasteiger partial charge in [-0.2, -0.15) is 0 Å². The first-order valence-corrected chi connectivity index (χ1v) is 8.38. The summed E-state index contributed by atoms with van der Waals surface area (Å²) in [5, 5.41) is 5.24. The molecule has 4 heteroatoms. The lowest BCUT2D eigenvalue weighted by Crippen LogP contribution is -2.36. The predicted molar refractivity (Wildman–Crippen MR) is 90.5 cm³/mol. The molecule has 0 unspecified atom stereocenters. The second-order valence-electron chi connectivity index (χ2n) is 6.44. The first-order valence-electron chi connectivity index (χ1n) is 8.01. The second-order valence-corrected chi connectivity index (χ2v) is 6.84. The number of nitrogens with one attached hydrogen (secondary N) is 1. The van der Waals surface area contributed by atoms with E-state index in [2.05, 4.69) is 12.2 Å². The van der Waals surface area contributed by atoms with Gasteiger partial charge in [-0.1, -0.05) is 31.4 Å². The molecule has 2 atom stereocenters. The van der Waals surface area contributed by atoms with Crippen LogP contribution in [0.5, 0.6) is 0 Å². The smallest absolute Gasteiger partial charge is 0.336 e. The van der Waals surface area contributed by atoms with Crippen molar-refractivity contribution in [1.29, 1.82) is 0 Å². The van der Waals surface area contributed by atoms with Gasteiger partial charge in [0.25, 0.3) is 0 Å². The van der Waals surface area contributed by atoms with Crippen LogP contribution in [0.25, 0.3) is 11.0 Å². The number of halogens is 1. The Hall–Kier alpha value is -1.32. The zero-order chi connectivity index (χ0) is 15.7. The highest BCUT2D eigenvalue weighted by Gasteiger charge is 2.21. The van der Waals surface area contributed by atoms with Crippen LogP contribution in [0.2, 0.25) is 5.02 Å². The van der Waals surface area contributed by atoms with E-state index in [4.69, 9.17) is 16.0 Å². The molecule has 0 aliphatic heterocycles. The summed E-state index contributed by atoms with van der Waals surface area (Å²) < 4.78 is 5.31. The predicted octanol–water partition coefficient (Wildman–Crippen LogP) is 4.42. The lowest BCUT2D eigenvalue weighted by atomic mass is 9.86. The summed E-state index contributed by atoms with van der Waals surface area (Å²) in [4.78, 5) is 11.8. The summed E-state index contributed by atoms with van der Waals surface area (Å²) in [5.74, 6) is 0.686.